The van der Waals surface area contributed by atoms with E-state index in [1.165, 1.54) is 44.9 Å². The summed E-state index contributed by atoms with van der Waals surface area (Å²) in [6, 6.07) is 0. The molecule has 0 saturated carbocycles. The summed E-state index contributed by atoms with van der Waals surface area (Å²) in [6.07, 6.45) is 12.0. The van der Waals surface area contributed by atoms with Gasteiger partial charge in [-0.05, 0) is 19.3 Å². The van der Waals surface area contributed by atoms with Gasteiger partial charge in [0.15, 0.2) is 0 Å². The minimum absolute atomic E-state index is 0.141. The van der Waals surface area contributed by atoms with Crippen molar-refractivity contribution in [1.82, 2.24) is 0 Å². The zero-order chi connectivity index (χ0) is 18.9. The second kappa shape index (κ2) is 16.4. The largest absolute Gasteiger partial charge is 0.466 e. The van der Waals surface area contributed by atoms with Gasteiger partial charge in [-0.2, -0.15) is 0 Å². The van der Waals surface area contributed by atoms with Crippen molar-refractivity contribution in [3.63, 3.8) is 0 Å². The van der Waals surface area contributed by atoms with Crippen LogP contribution in [0.2, 0.25) is 0 Å². The summed E-state index contributed by atoms with van der Waals surface area (Å²) in [5.41, 5.74) is 0. The molecule has 0 radical (unpaired) electrons. The van der Waals surface area contributed by atoms with Crippen molar-refractivity contribution in [2.24, 2.45) is 11.8 Å². The molecular weight excluding hydrogens is 316 g/mol. The number of rotatable bonds is 16. The molecule has 4 heteroatoms. The van der Waals surface area contributed by atoms with Gasteiger partial charge in [0.25, 0.3) is 0 Å². The molecule has 0 aromatic rings. The molecule has 0 N–H and O–H groups in total. The molecule has 1 unspecified atom stereocenters. The predicted octanol–water partition coefficient (Wildman–Crippen LogP) is 5.68. The first-order valence-electron chi connectivity index (χ1n) is 10.3. The summed E-state index contributed by atoms with van der Waals surface area (Å²) in [5.74, 6) is -0.603. The van der Waals surface area contributed by atoms with E-state index in [0.717, 1.165) is 12.8 Å². The molecule has 0 aliphatic carbocycles. The van der Waals surface area contributed by atoms with Crippen molar-refractivity contribution in [3.05, 3.63) is 0 Å². The molecule has 0 aliphatic heterocycles. The van der Waals surface area contributed by atoms with Crippen LogP contribution in [0.15, 0.2) is 0 Å². The van der Waals surface area contributed by atoms with E-state index >= 15 is 0 Å². The highest BCUT2D eigenvalue weighted by molar-refractivity contribution is 5.79. The van der Waals surface area contributed by atoms with E-state index in [4.69, 9.17) is 9.47 Å². The Balaban J connectivity index is 4.04. The summed E-state index contributed by atoms with van der Waals surface area (Å²) in [5, 5.41) is 0. The van der Waals surface area contributed by atoms with E-state index in [0.29, 0.717) is 25.6 Å². The van der Waals surface area contributed by atoms with Gasteiger partial charge in [0.2, 0.25) is 0 Å². The third-order valence-corrected chi connectivity index (χ3v) is 4.27. The maximum atomic E-state index is 12.2. The summed E-state index contributed by atoms with van der Waals surface area (Å²) in [7, 11) is 0. The lowest BCUT2D eigenvalue weighted by atomic mass is 9.97. The van der Waals surface area contributed by atoms with Crippen LogP contribution in [0, 0.1) is 11.8 Å². The van der Waals surface area contributed by atoms with E-state index in [2.05, 4.69) is 6.92 Å². The molecule has 4 nitrogen and oxygen atoms in total. The minimum atomic E-state index is -0.359. The highest BCUT2D eigenvalue weighted by atomic mass is 16.5. The summed E-state index contributed by atoms with van der Waals surface area (Å²) in [4.78, 5) is 24.0. The Bertz CT molecular complexity index is 339. The lowest BCUT2D eigenvalue weighted by molar-refractivity contribution is -0.156. The predicted molar refractivity (Wildman–Crippen MR) is 102 cm³/mol. The third-order valence-electron chi connectivity index (χ3n) is 4.27. The van der Waals surface area contributed by atoms with Gasteiger partial charge in [-0.3, -0.25) is 9.59 Å². The Morgan fingerprint density at radius 2 is 1.36 bits per heavy atom. The molecule has 148 valence electrons. The molecule has 1 atom stereocenters. The molecule has 0 rings (SSSR count). The molecule has 0 bridgehead atoms. The van der Waals surface area contributed by atoms with Gasteiger partial charge < -0.3 is 9.47 Å². The molecule has 0 aromatic carbocycles. The van der Waals surface area contributed by atoms with E-state index < -0.39 is 0 Å². The Morgan fingerprint density at radius 1 is 0.800 bits per heavy atom. The van der Waals surface area contributed by atoms with Crippen LogP contribution in [0.4, 0.5) is 0 Å². The molecule has 0 amide bonds. The average molecular weight is 357 g/mol. The quantitative estimate of drug-likeness (QED) is 0.264. The standard InChI is InChI=1S/C21H40O4/c1-5-7-8-9-10-11-12-13-14-15-19(16-20(22)24-6-2)21(23)25-17-18(3)4/h18-19H,5-17H2,1-4H3. The van der Waals surface area contributed by atoms with Crippen LogP contribution < -0.4 is 0 Å². The molecule has 25 heavy (non-hydrogen) atoms. The van der Waals surface area contributed by atoms with Gasteiger partial charge in [0.05, 0.1) is 25.6 Å². The summed E-state index contributed by atoms with van der Waals surface area (Å²) in [6.45, 7) is 8.80. The van der Waals surface area contributed by atoms with Gasteiger partial charge in [-0.1, -0.05) is 78.6 Å². The van der Waals surface area contributed by atoms with Crippen molar-refractivity contribution >= 4 is 11.9 Å². The molecule has 0 aliphatic rings. The van der Waals surface area contributed by atoms with Gasteiger partial charge >= 0.3 is 11.9 Å². The normalized spacial score (nSPS) is 12.2. The lowest BCUT2D eigenvalue weighted by Crippen LogP contribution is -2.23. The Morgan fingerprint density at radius 3 is 1.88 bits per heavy atom. The Kier molecular flexibility index (Phi) is 15.7. The van der Waals surface area contributed by atoms with Crippen molar-refractivity contribution in [2.75, 3.05) is 13.2 Å². The third kappa shape index (κ3) is 14.9. The van der Waals surface area contributed by atoms with Crippen LogP contribution in [0.1, 0.15) is 98.3 Å². The minimum Gasteiger partial charge on any atom is -0.466 e. The van der Waals surface area contributed by atoms with Crippen LogP contribution in [0.5, 0.6) is 0 Å². The first-order valence-corrected chi connectivity index (χ1v) is 10.3. The molecular formula is C21H40O4. The second-order valence-electron chi connectivity index (χ2n) is 7.35. The number of ether oxygens (including phenoxy) is 2. The van der Waals surface area contributed by atoms with Crippen molar-refractivity contribution in [2.45, 2.75) is 98.3 Å². The first-order chi connectivity index (χ1) is 12.0. The summed E-state index contributed by atoms with van der Waals surface area (Å²) < 4.78 is 10.3. The van der Waals surface area contributed by atoms with Crippen LogP contribution in [-0.2, 0) is 19.1 Å². The molecule has 0 spiro atoms. The van der Waals surface area contributed by atoms with Crippen LogP contribution in [-0.4, -0.2) is 25.2 Å². The molecule has 0 aromatic heterocycles. The van der Waals surface area contributed by atoms with E-state index in [1.807, 2.05) is 13.8 Å². The van der Waals surface area contributed by atoms with Gasteiger partial charge in [-0.15, -0.1) is 0 Å². The van der Waals surface area contributed by atoms with Gasteiger partial charge in [-0.25, -0.2) is 0 Å². The Hall–Kier alpha value is -1.06. The topological polar surface area (TPSA) is 52.6 Å². The fourth-order valence-electron chi connectivity index (χ4n) is 2.79. The highest BCUT2D eigenvalue weighted by Gasteiger charge is 2.24. The van der Waals surface area contributed by atoms with E-state index in [9.17, 15) is 9.59 Å². The van der Waals surface area contributed by atoms with E-state index in [-0.39, 0.29) is 24.3 Å². The first kappa shape index (κ1) is 23.9. The maximum absolute atomic E-state index is 12.2. The van der Waals surface area contributed by atoms with E-state index in [1.54, 1.807) is 6.92 Å². The number of hydrogen-bond donors (Lipinski definition) is 0. The molecule has 0 heterocycles. The number of hydrogen-bond acceptors (Lipinski definition) is 4. The second-order valence-corrected chi connectivity index (χ2v) is 7.35. The molecule has 0 fully saturated rings. The van der Waals surface area contributed by atoms with Crippen molar-refractivity contribution < 1.29 is 19.1 Å². The fraction of sp³-hybridized carbons (Fsp3) is 0.905. The Labute approximate surface area is 155 Å². The fourth-order valence-corrected chi connectivity index (χ4v) is 2.79. The monoisotopic (exact) mass is 356 g/mol. The maximum Gasteiger partial charge on any atom is 0.309 e. The SMILES string of the molecule is CCCCCCCCCCCC(CC(=O)OCC)C(=O)OCC(C)C. The molecule has 0 saturated heterocycles. The highest BCUT2D eigenvalue weighted by Crippen LogP contribution is 2.18. The number of carbonyl (C=O) groups excluding carboxylic acids is 2. The van der Waals surface area contributed by atoms with Crippen LogP contribution in [0.25, 0.3) is 0 Å². The van der Waals surface area contributed by atoms with Gasteiger partial charge in [0, 0.05) is 0 Å². The number of unbranched alkanes of at least 4 members (excludes halogenated alkanes) is 8. The van der Waals surface area contributed by atoms with Crippen LogP contribution >= 0.6 is 0 Å². The van der Waals surface area contributed by atoms with Gasteiger partial charge in [0.1, 0.15) is 0 Å². The average Bonchev–Trinajstić information content (AvgIpc) is 2.57. The number of esters is 2. The number of carbonyl (C=O) groups is 2. The zero-order valence-electron chi connectivity index (χ0n) is 17.0. The van der Waals surface area contributed by atoms with Crippen molar-refractivity contribution in [3.8, 4) is 0 Å². The lowest BCUT2D eigenvalue weighted by Gasteiger charge is -2.16. The van der Waals surface area contributed by atoms with Crippen LogP contribution in [0.3, 0.4) is 0 Å². The summed E-state index contributed by atoms with van der Waals surface area (Å²) >= 11 is 0. The zero-order valence-corrected chi connectivity index (χ0v) is 17.0. The smallest absolute Gasteiger partial charge is 0.309 e. The van der Waals surface area contributed by atoms with Crippen molar-refractivity contribution in [1.29, 1.82) is 0 Å².